The standard InChI is InChI=1S/C27H27ClN4O6S/c1-37-25(34)27-18-31(39(35,36)23-5-3-19-14-21(28)4-2-20(19)15-23)16-24(33)32(27)17-26(38-27)8-12-30(13-9-26)22-6-10-29-11-7-22/h2-7,10-11,14-15H,8-9,12-13,16-18H2,1H3. The summed E-state index contributed by atoms with van der Waals surface area (Å²) in [6.45, 7) is 0.721. The molecule has 3 aliphatic heterocycles. The summed E-state index contributed by atoms with van der Waals surface area (Å²) in [4.78, 5) is 34.3. The number of esters is 1. The number of fused-ring (bicyclic) bond motifs is 2. The fraction of sp³-hybridized carbons (Fsp3) is 0.370. The molecule has 4 heterocycles. The maximum absolute atomic E-state index is 13.8. The third kappa shape index (κ3) is 4.33. The van der Waals surface area contributed by atoms with E-state index in [1.54, 1.807) is 36.7 Å². The molecule has 6 rings (SSSR count). The van der Waals surface area contributed by atoms with Gasteiger partial charge in [0.2, 0.25) is 15.9 Å². The maximum atomic E-state index is 13.8. The van der Waals surface area contributed by atoms with Crippen molar-refractivity contribution in [3.63, 3.8) is 0 Å². The largest absolute Gasteiger partial charge is 0.465 e. The number of piperidine rings is 1. The first-order valence-electron chi connectivity index (χ1n) is 12.6. The lowest BCUT2D eigenvalue weighted by atomic mass is 9.91. The number of carbonyl (C=O) groups excluding carboxylic acids is 2. The quantitative estimate of drug-likeness (QED) is 0.441. The second-order valence-corrected chi connectivity index (χ2v) is 12.5. The fourth-order valence-electron chi connectivity index (χ4n) is 5.84. The first-order chi connectivity index (χ1) is 18.7. The molecule has 0 aliphatic carbocycles. The van der Waals surface area contributed by atoms with Gasteiger partial charge in [-0.25, -0.2) is 13.2 Å². The highest BCUT2D eigenvalue weighted by Gasteiger charge is 2.65. The van der Waals surface area contributed by atoms with Gasteiger partial charge in [-0.05, 0) is 60.0 Å². The predicted molar refractivity (Wildman–Crippen MR) is 144 cm³/mol. The Morgan fingerprint density at radius 1 is 1.03 bits per heavy atom. The van der Waals surface area contributed by atoms with Crippen LogP contribution in [0.15, 0.2) is 65.8 Å². The van der Waals surface area contributed by atoms with Gasteiger partial charge >= 0.3 is 5.97 Å². The molecule has 39 heavy (non-hydrogen) atoms. The van der Waals surface area contributed by atoms with Crippen LogP contribution in [0.1, 0.15) is 12.8 Å². The Kier molecular flexibility index (Phi) is 6.29. The van der Waals surface area contributed by atoms with E-state index in [1.165, 1.54) is 24.1 Å². The smallest absolute Gasteiger partial charge is 0.361 e. The normalized spacial score (nSPS) is 23.3. The number of hydrogen-bond acceptors (Lipinski definition) is 8. The van der Waals surface area contributed by atoms with Crippen molar-refractivity contribution in [1.82, 2.24) is 14.2 Å². The summed E-state index contributed by atoms with van der Waals surface area (Å²) in [6.07, 6.45) is 4.57. The minimum Gasteiger partial charge on any atom is -0.465 e. The predicted octanol–water partition coefficient (Wildman–Crippen LogP) is 2.66. The second-order valence-electron chi connectivity index (χ2n) is 10.2. The molecule has 10 nitrogen and oxygen atoms in total. The van der Waals surface area contributed by atoms with Crippen LogP contribution in [0.3, 0.4) is 0 Å². The lowest BCUT2D eigenvalue weighted by Gasteiger charge is -2.43. The van der Waals surface area contributed by atoms with E-state index in [-0.39, 0.29) is 18.0 Å². The molecule has 0 radical (unpaired) electrons. The van der Waals surface area contributed by atoms with E-state index in [2.05, 4.69) is 9.88 Å². The molecule has 1 spiro atoms. The first kappa shape index (κ1) is 26.0. The van der Waals surface area contributed by atoms with E-state index in [9.17, 15) is 18.0 Å². The Bertz CT molecular complexity index is 1560. The number of methoxy groups -OCH3 is 1. The number of pyridine rings is 1. The van der Waals surface area contributed by atoms with E-state index >= 15 is 0 Å². The number of aromatic nitrogens is 1. The van der Waals surface area contributed by atoms with Crippen molar-refractivity contribution in [3.05, 3.63) is 65.9 Å². The van der Waals surface area contributed by atoms with E-state index in [0.29, 0.717) is 36.3 Å². The Morgan fingerprint density at radius 3 is 2.44 bits per heavy atom. The average molecular weight is 571 g/mol. The van der Waals surface area contributed by atoms with Crippen molar-refractivity contribution in [1.29, 1.82) is 0 Å². The van der Waals surface area contributed by atoms with Crippen LogP contribution in [-0.4, -0.2) is 85.6 Å². The fourth-order valence-corrected chi connectivity index (χ4v) is 7.46. The molecule has 2 aromatic carbocycles. The molecule has 204 valence electrons. The summed E-state index contributed by atoms with van der Waals surface area (Å²) in [7, 11) is -2.94. The van der Waals surface area contributed by atoms with Crippen LogP contribution < -0.4 is 4.90 Å². The summed E-state index contributed by atoms with van der Waals surface area (Å²) < 4.78 is 40.1. The highest BCUT2D eigenvalue weighted by Crippen LogP contribution is 2.45. The van der Waals surface area contributed by atoms with Crippen LogP contribution in [0.4, 0.5) is 5.69 Å². The second kappa shape index (κ2) is 9.44. The van der Waals surface area contributed by atoms with E-state index < -0.39 is 39.8 Å². The van der Waals surface area contributed by atoms with Crippen LogP contribution in [0.2, 0.25) is 5.02 Å². The number of ether oxygens (including phenoxy) is 2. The summed E-state index contributed by atoms with van der Waals surface area (Å²) in [6, 6.07) is 13.7. The third-order valence-electron chi connectivity index (χ3n) is 7.89. The van der Waals surface area contributed by atoms with Gasteiger partial charge in [-0.3, -0.25) is 14.7 Å². The van der Waals surface area contributed by atoms with Gasteiger partial charge in [0.1, 0.15) is 0 Å². The van der Waals surface area contributed by atoms with Crippen molar-refractivity contribution < 1.29 is 27.5 Å². The number of amides is 1. The number of nitrogens with zero attached hydrogens (tertiary/aromatic N) is 4. The van der Waals surface area contributed by atoms with Gasteiger partial charge in [-0.15, -0.1) is 0 Å². The van der Waals surface area contributed by atoms with Gasteiger partial charge in [-0.1, -0.05) is 23.7 Å². The van der Waals surface area contributed by atoms with Gasteiger partial charge < -0.3 is 14.4 Å². The van der Waals surface area contributed by atoms with Crippen LogP contribution in [0, 0.1) is 0 Å². The van der Waals surface area contributed by atoms with Crippen molar-refractivity contribution in [2.45, 2.75) is 29.1 Å². The van der Waals surface area contributed by atoms with Gasteiger partial charge in [0.15, 0.2) is 0 Å². The van der Waals surface area contributed by atoms with Crippen LogP contribution in [0.5, 0.6) is 0 Å². The zero-order chi connectivity index (χ0) is 27.4. The number of carbonyl (C=O) groups is 2. The van der Waals surface area contributed by atoms with Gasteiger partial charge in [0, 0.05) is 36.2 Å². The van der Waals surface area contributed by atoms with Crippen LogP contribution in [0.25, 0.3) is 10.8 Å². The van der Waals surface area contributed by atoms with Gasteiger partial charge in [-0.2, -0.15) is 4.31 Å². The average Bonchev–Trinajstić information content (AvgIpc) is 3.28. The van der Waals surface area contributed by atoms with Crippen LogP contribution in [-0.2, 0) is 29.1 Å². The number of halogens is 1. The Morgan fingerprint density at radius 2 is 1.72 bits per heavy atom. The topological polar surface area (TPSA) is 109 Å². The van der Waals surface area contributed by atoms with E-state index in [1.807, 2.05) is 12.1 Å². The highest BCUT2D eigenvalue weighted by molar-refractivity contribution is 7.89. The molecule has 12 heteroatoms. The summed E-state index contributed by atoms with van der Waals surface area (Å²) in [5, 5.41) is 2.01. The lowest BCUT2D eigenvalue weighted by Crippen LogP contribution is -2.67. The zero-order valence-corrected chi connectivity index (χ0v) is 22.8. The number of hydrogen-bond donors (Lipinski definition) is 0. The molecular formula is C27H27ClN4O6S. The Hall–Kier alpha value is -3.25. The molecule has 3 aliphatic rings. The first-order valence-corrected chi connectivity index (χ1v) is 14.4. The Balaban J connectivity index is 1.30. The number of piperazine rings is 1. The van der Waals surface area contributed by atoms with Crippen molar-refractivity contribution >= 4 is 50.0 Å². The number of anilines is 1. The van der Waals surface area contributed by atoms with E-state index in [0.717, 1.165) is 15.4 Å². The number of rotatable bonds is 4. The number of sulfonamides is 1. The molecule has 0 bridgehead atoms. The minimum atomic E-state index is -4.15. The zero-order valence-electron chi connectivity index (χ0n) is 21.2. The molecule has 3 saturated heterocycles. The SMILES string of the molecule is COC(=O)C12CN(S(=O)(=O)c3ccc4cc(Cl)ccc4c3)CC(=O)N1CC1(CCN(c3ccncc3)CC1)O2. The highest BCUT2D eigenvalue weighted by atomic mass is 35.5. The van der Waals surface area contributed by atoms with Gasteiger partial charge in [0.05, 0.1) is 37.2 Å². The molecule has 1 unspecified atom stereocenters. The third-order valence-corrected chi connectivity index (χ3v) is 9.91. The van der Waals surface area contributed by atoms with Gasteiger partial charge in [0.25, 0.3) is 5.72 Å². The minimum absolute atomic E-state index is 0.0111. The summed E-state index contributed by atoms with van der Waals surface area (Å²) in [5.74, 6) is -1.30. The molecule has 3 fully saturated rings. The molecular weight excluding hydrogens is 544 g/mol. The molecule has 1 aromatic heterocycles. The monoisotopic (exact) mass is 570 g/mol. The van der Waals surface area contributed by atoms with Crippen LogP contribution >= 0.6 is 11.6 Å². The lowest BCUT2D eigenvalue weighted by molar-refractivity contribution is -0.204. The molecule has 3 aromatic rings. The Labute approximate surface area is 231 Å². The summed E-state index contributed by atoms with van der Waals surface area (Å²) in [5.41, 5.74) is -1.63. The molecule has 1 atom stereocenters. The number of benzene rings is 2. The van der Waals surface area contributed by atoms with E-state index in [4.69, 9.17) is 21.1 Å². The maximum Gasteiger partial charge on any atom is 0.361 e. The summed E-state index contributed by atoms with van der Waals surface area (Å²) >= 11 is 6.07. The van der Waals surface area contributed by atoms with Crippen molar-refractivity contribution in [2.24, 2.45) is 0 Å². The molecule has 0 saturated carbocycles. The van der Waals surface area contributed by atoms with Crippen molar-refractivity contribution in [2.75, 3.05) is 44.7 Å². The molecule has 0 N–H and O–H groups in total. The molecule has 1 amide bonds. The van der Waals surface area contributed by atoms with Crippen molar-refractivity contribution in [3.8, 4) is 0 Å².